The molecule has 1 spiro atoms. The zero-order chi connectivity index (χ0) is 22.0. The third-order valence-electron chi connectivity index (χ3n) is 6.53. The number of likely N-dealkylation sites (tertiary alicyclic amines) is 1. The highest BCUT2D eigenvalue weighted by Gasteiger charge is 2.56. The SMILES string of the molecule is Cc1cccc(CN2C[C@H](c3cccnc3)[C@]3(C2)OCCN(Cc2ccncc2)C3=O)c1. The van der Waals surface area contributed by atoms with E-state index in [1.165, 1.54) is 11.1 Å². The Hall–Kier alpha value is -3.09. The maximum Gasteiger partial charge on any atom is 0.257 e. The first-order chi connectivity index (χ1) is 15.6. The number of pyridine rings is 2. The molecular formula is C26H28N4O2. The van der Waals surface area contributed by atoms with Crippen molar-refractivity contribution >= 4 is 5.91 Å². The van der Waals surface area contributed by atoms with Crippen molar-refractivity contribution in [3.63, 3.8) is 0 Å². The third kappa shape index (κ3) is 4.04. The molecule has 0 radical (unpaired) electrons. The van der Waals surface area contributed by atoms with Gasteiger partial charge >= 0.3 is 0 Å². The van der Waals surface area contributed by atoms with Gasteiger partial charge in [-0.3, -0.25) is 19.7 Å². The van der Waals surface area contributed by atoms with E-state index in [2.05, 4.69) is 52.1 Å². The van der Waals surface area contributed by atoms with E-state index in [1.54, 1.807) is 18.6 Å². The first kappa shape index (κ1) is 20.8. The average molecular weight is 429 g/mol. The number of rotatable bonds is 5. The van der Waals surface area contributed by atoms with Crippen LogP contribution in [0.1, 0.15) is 28.2 Å². The predicted molar refractivity (Wildman–Crippen MR) is 122 cm³/mol. The van der Waals surface area contributed by atoms with Crippen LogP contribution in [0.2, 0.25) is 0 Å². The lowest BCUT2D eigenvalue weighted by Crippen LogP contribution is -2.59. The van der Waals surface area contributed by atoms with Crippen LogP contribution in [-0.2, 0) is 22.6 Å². The van der Waals surface area contributed by atoms with Gasteiger partial charge in [-0.15, -0.1) is 0 Å². The van der Waals surface area contributed by atoms with E-state index in [4.69, 9.17) is 4.74 Å². The molecule has 2 aliphatic heterocycles. The van der Waals surface area contributed by atoms with Gasteiger partial charge in [0.15, 0.2) is 5.60 Å². The minimum Gasteiger partial charge on any atom is -0.361 e. The lowest BCUT2D eigenvalue weighted by atomic mass is 9.83. The molecule has 32 heavy (non-hydrogen) atoms. The Labute approximate surface area is 188 Å². The lowest BCUT2D eigenvalue weighted by molar-refractivity contribution is -0.173. The highest BCUT2D eigenvalue weighted by atomic mass is 16.5. The first-order valence-corrected chi connectivity index (χ1v) is 11.1. The van der Waals surface area contributed by atoms with Gasteiger partial charge in [-0.1, -0.05) is 35.9 Å². The summed E-state index contributed by atoms with van der Waals surface area (Å²) in [5.41, 5.74) is 3.74. The number of aromatic nitrogens is 2. The highest BCUT2D eigenvalue weighted by molar-refractivity contribution is 5.88. The van der Waals surface area contributed by atoms with Crippen molar-refractivity contribution in [1.82, 2.24) is 19.8 Å². The van der Waals surface area contributed by atoms with Gasteiger partial charge in [0.05, 0.1) is 6.61 Å². The largest absolute Gasteiger partial charge is 0.361 e. The molecule has 2 aliphatic rings. The second-order valence-electron chi connectivity index (χ2n) is 8.82. The summed E-state index contributed by atoms with van der Waals surface area (Å²) >= 11 is 0. The highest BCUT2D eigenvalue weighted by Crippen LogP contribution is 2.42. The van der Waals surface area contributed by atoms with Crippen molar-refractivity contribution in [2.45, 2.75) is 31.5 Å². The number of benzene rings is 1. The van der Waals surface area contributed by atoms with E-state index >= 15 is 0 Å². The summed E-state index contributed by atoms with van der Waals surface area (Å²) in [6.07, 6.45) is 7.19. The molecule has 5 rings (SSSR count). The summed E-state index contributed by atoms with van der Waals surface area (Å²) in [5, 5.41) is 0. The van der Waals surface area contributed by atoms with Gasteiger partial charge in [-0.05, 0) is 41.8 Å². The Balaban J connectivity index is 1.45. The first-order valence-electron chi connectivity index (χ1n) is 11.1. The molecule has 2 saturated heterocycles. The number of carbonyl (C=O) groups is 1. The van der Waals surface area contributed by atoms with Crippen LogP contribution in [0.5, 0.6) is 0 Å². The van der Waals surface area contributed by atoms with E-state index in [0.29, 0.717) is 26.2 Å². The van der Waals surface area contributed by atoms with E-state index < -0.39 is 5.60 Å². The van der Waals surface area contributed by atoms with Crippen molar-refractivity contribution in [2.75, 3.05) is 26.2 Å². The summed E-state index contributed by atoms with van der Waals surface area (Å²) in [5.74, 6) is 0.00917. The predicted octanol–water partition coefficient (Wildman–Crippen LogP) is 3.18. The molecule has 2 aromatic heterocycles. The Morgan fingerprint density at radius 2 is 1.91 bits per heavy atom. The Morgan fingerprint density at radius 3 is 2.69 bits per heavy atom. The van der Waals surface area contributed by atoms with Gasteiger partial charge in [0, 0.05) is 63.4 Å². The van der Waals surface area contributed by atoms with Gasteiger partial charge in [0.1, 0.15) is 0 Å². The lowest BCUT2D eigenvalue weighted by Gasteiger charge is -2.42. The van der Waals surface area contributed by atoms with Crippen LogP contribution in [0, 0.1) is 6.92 Å². The summed E-state index contributed by atoms with van der Waals surface area (Å²) in [6.45, 7) is 5.94. The number of nitrogens with zero attached hydrogens (tertiary/aromatic N) is 4. The maximum atomic E-state index is 13.9. The van der Waals surface area contributed by atoms with E-state index in [0.717, 1.165) is 24.2 Å². The van der Waals surface area contributed by atoms with Gasteiger partial charge in [0.25, 0.3) is 5.91 Å². The van der Waals surface area contributed by atoms with Crippen molar-refractivity contribution in [3.8, 4) is 0 Å². The molecule has 164 valence electrons. The summed E-state index contributed by atoms with van der Waals surface area (Å²) in [6, 6.07) is 16.5. The molecule has 1 aromatic carbocycles. The minimum atomic E-state index is -0.891. The molecular weight excluding hydrogens is 400 g/mol. The molecule has 2 fully saturated rings. The van der Waals surface area contributed by atoms with Crippen LogP contribution >= 0.6 is 0 Å². The molecule has 6 heteroatoms. The van der Waals surface area contributed by atoms with Crippen LogP contribution < -0.4 is 0 Å². The maximum absolute atomic E-state index is 13.9. The Bertz CT molecular complexity index is 1080. The standard InChI is InChI=1S/C26H28N4O2/c1-20-4-2-5-22(14-20)16-29-18-24(23-6-3-9-28-15-23)26(19-29)25(31)30(12-13-32-26)17-21-7-10-27-11-8-21/h2-11,14-15,24H,12-13,16-19H2,1H3/t24-,26+/m1/s1. The molecule has 1 amide bonds. The van der Waals surface area contributed by atoms with E-state index in [1.807, 2.05) is 29.3 Å². The van der Waals surface area contributed by atoms with Crippen LogP contribution in [0.25, 0.3) is 0 Å². The summed E-state index contributed by atoms with van der Waals surface area (Å²) < 4.78 is 6.39. The van der Waals surface area contributed by atoms with Crippen LogP contribution in [0.4, 0.5) is 0 Å². The van der Waals surface area contributed by atoms with Crippen molar-refractivity contribution in [2.24, 2.45) is 0 Å². The molecule has 0 saturated carbocycles. The van der Waals surface area contributed by atoms with Gasteiger partial charge < -0.3 is 9.64 Å². The summed E-state index contributed by atoms with van der Waals surface area (Å²) in [7, 11) is 0. The fourth-order valence-corrected chi connectivity index (χ4v) is 5.05. The average Bonchev–Trinajstić information content (AvgIpc) is 3.17. The molecule has 3 aromatic rings. The molecule has 2 atom stereocenters. The van der Waals surface area contributed by atoms with Crippen molar-refractivity contribution in [3.05, 3.63) is 95.6 Å². The van der Waals surface area contributed by atoms with E-state index in [-0.39, 0.29) is 11.8 Å². The number of hydrogen-bond donors (Lipinski definition) is 0. The quantitative estimate of drug-likeness (QED) is 0.625. The minimum absolute atomic E-state index is 0.0613. The number of carbonyl (C=O) groups excluding carboxylic acids is 1. The second kappa shape index (κ2) is 8.81. The topological polar surface area (TPSA) is 58.6 Å². The fourth-order valence-electron chi connectivity index (χ4n) is 5.05. The number of ether oxygens (including phenoxy) is 1. The zero-order valence-electron chi connectivity index (χ0n) is 18.4. The van der Waals surface area contributed by atoms with Crippen molar-refractivity contribution in [1.29, 1.82) is 0 Å². The van der Waals surface area contributed by atoms with Crippen LogP contribution in [-0.4, -0.2) is 57.5 Å². The number of hydrogen-bond acceptors (Lipinski definition) is 5. The number of amides is 1. The second-order valence-corrected chi connectivity index (χ2v) is 8.82. The number of morpholine rings is 1. The molecule has 0 N–H and O–H groups in total. The molecule has 4 heterocycles. The monoisotopic (exact) mass is 428 g/mol. The smallest absolute Gasteiger partial charge is 0.257 e. The van der Waals surface area contributed by atoms with Crippen LogP contribution in [0.15, 0.2) is 73.3 Å². The summed E-state index contributed by atoms with van der Waals surface area (Å²) in [4.78, 5) is 26.6. The third-order valence-corrected chi connectivity index (χ3v) is 6.53. The fraction of sp³-hybridized carbons (Fsp3) is 0.346. The van der Waals surface area contributed by atoms with Gasteiger partial charge in [-0.2, -0.15) is 0 Å². The Kier molecular flexibility index (Phi) is 5.72. The molecule has 0 unspecified atom stereocenters. The zero-order valence-corrected chi connectivity index (χ0v) is 18.4. The molecule has 6 nitrogen and oxygen atoms in total. The normalized spacial score (nSPS) is 23.7. The Morgan fingerprint density at radius 1 is 1.03 bits per heavy atom. The van der Waals surface area contributed by atoms with Crippen molar-refractivity contribution < 1.29 is 9.53 Å². The van der Waals surface area contributed by atoms with E-state index in [9.17, 15) is 4.79 Å². The number of aryl methyl sites for hydroxylation is 1. The van der Waals surface area contributed by atoms with Gasteiger partial charge in [-0.25, -0.2) is 0 Å². The molecule has 0 bridgehead atoms. The van der Waals surface area contributed by atoms with Crippen LogP contribution in [0.3, 0.4) is 0 Å². The van der Waals surface area contributed by atoms with Gasteiger partial charge in [0.2, 0.25) is 0 Å². The molecule has 0 aliphatic carbocycles.